The molecule has 0 heterocycles. The molecule has 0 fully saturated rings. The number of methoxy groups -OCH3 is 3. The summed E-state index contributed by atoms with van der Waals surface area (Å²) in [5.74, 6) is 1.81. The Hall–Kier alpha value is -1.20. The van der Waals surface area contributed by atoms with E-state index >= 15 is 0 Å². The van der Waals surface area contributed by atoms with Gasteiger partial charge >= 0.3 is 0 Å². The molecule has 0 radical (unpaired) electrons. The number of hydrogen-bond donors (Lipinski definition) is 0. The van der Waals surface area contributed by atoms with Gasteiger partial charge in [-0.2, -0.15) is 0 Å². The van der Waals surface area contributed by atoms with Crippen LogP contribution in [0.1, 0.15) is 5.56 Å². The van der Waals surface area contributed by atoms with Crippen molar-refractivity contribution in [2.45, 2.75) is 6.42 Å². The van der Waals surface area contributed by atoms with Crippen molar-refractivity contribution < 1.29 is 14.2 Å². The molecule has 0 amide bonds. The molecule has 3 nitrogen and oxygen atoms in total. The summed E-state index contributed by atoms with van der Waals surface area (Å²) in [7, 11) is 4.74. The number of hydrogen-bond acceptors (Lipinski definition) is 5. The van der Waals surface area contributed by atoms with E-state index in [9.17, 15) is 0 Å². The smallest absolute Gasteiger partial charge is 0.203 e. The minimum Gasteiger partial charge on any atom is -0.493 e. The van der Waals surface area contributed by atoms with Crippen LogP contribution in [0.15, 0.2) is 12.1 Å². The zero-order valence-electron chi connectivity index (χ0n) is 9.98. The SMILES string of the molecule is COc1cc(CC(=S)C=S)cc(OC)c1OC. The molecule has 0 spiro atoms. The van der Waals surface area contributed by atoms with Gasteiger partial charge in [-0.05, 0) is 17.7 Å². The molecule has 0 atom stereocenters. The lowest BCUT2D eigenvalue weighted by atomic mass is 10.1. The van der Waals surface area contributed by atoms with E-state index in [0.29, 0.717) is 28.5 Å². The highest BCUT2D eigenvalue weighted by Gasteiger charge is 2.13. The fourth-order valence-corrected chi connectivity index (χ4v) is 1.73. The normalized spacial score (nSPS) is 9.59. The van der Waals surface area contributed by atoms with E-state index in [1.165, 1.54) is 5.37 Å². The minimum absolute atomic E-state index is 0.576. The summed E-state index contributed by atoms with van der Waals surface area (Å²) in [6, 6.07) is 3.74. The first kappa shape index (κ1) is 13.9. The molecule has 1 aromatic carbocycles. The zero-order valence-corrected chi connectivity index (χ0v) is 11.6. The van der Waals surface area contributed by atoms with Crippen LogP contribution in [-0.4, -0.2) is 31.6 Å². The van der Waals surface area contributed by atoms with Gasteiger partial charge in [-0.3, -0.25) is 0 Å². The fourth-order valence-electron chi connectivity index (χ4n) is 1.48. The molecule has 0 aliphatic heterocycles. The Balaban J connectivity index is 3.17. The molecule has 0 bridgehead atoms. The van der Waals surface area contributed by atoms with E-state index in [4.69, 9.17) is 38.6 Å². The maximum absolute atomic E-state index is 5.25. The molecular formula is C12H14O3S2. The third-order valence-electron chi connectivity index (χ3n) is 2.23. The second kappa shape index (κ2) is 6.51. The lowest BCUT2D eigenvalue weighted by molar-refractivity contribution is 0.324. The number of thiocarbonyl (C=S) groups is 2. The van der Waals surface area contributed by atoms with Crippen LogP contribution in [0.2, 0.25) is 0 Å². The summed E-state index contributed by atoms with van der Waals surface area (Å²) >= 11 is 9.88. The molecule has 0 N–H and O–H groups in total. The van der Waals surface area contributed by atoms with Gasteiger partial charge < -0.3 is 14.2 Å². The molecule has 1 aromatic rings. The number of ether oxygens (including phenoxy) is 3. The van der Waals surface area contributed by atoms with Crippen LogP contribution in [0.5, 0.6) is 17.2 Å². The molecule has 5 heteroatoms. The van der Waals surface area contributed by atoms with Crippen molar-refractivity contribution in [3.05, 3.63) is 17.7 Å². The largest absolute Gasteiger partial charge is 0.493 e. The van der Waals surface area contributed by atoms with Gasteiger partial charge in [-0.25, -0.2) is 0 Å². The predicted octanol–water partition coefficient (Wildman–Crippen LogP) is 2.62. The molecule has 1 rings (SSSR count). The van der Waals surface area contributed by atoms with Crippen molar-refractivity contribution in [3.8, 4) is 17.2 Å². The predicted molar refractivity (Wildman–Crippen MR) is 76.1 cm³/mol. The van der Waals surface area contributed by atoms with Crippen LogP contribution in [0.4, 0.5) is 0 Å². The van der Waals surface area contributed by atoms with Gasteiger partial charge in [0.05, 0.1) is 21.3 Å². The highest BCUT2D eigenvalue weighted by Crippen LogP contribution is 2.38. The van der Waals surface area contributed by atoms with Gasteiger partial charge in [0, 0.05) is 16.7 Å². The van der Waals surface area contributed by atoms with Crippen LogP contribution >= 0.6 is 24.4 Å². The van der Waals surface area contributed by atoms with Crippen molar-refractivity contribution in [2.24, 2.45) is 0 Å². The van der Waals surface area contributed by atoms with E-state index in [2.05, 4.69) is 0 Å². The molecule has 0 aromatic heterocycles. The second-order valence-corrected chi connectivity index (χ2v) is 4.05. The molecule has 0 aliphatic carbocycles. The first-order chi connectivity index (χ1) is 8.15. The summed E-state index contributed by atoms with van der Waals surface area (Å²) in [6.07, 6.45) is 0.593. The van der Waals surface area contributed by atoms with Crippen molar-refractivity contribution in [1.29, 1.82) is 0 Å². The van der Waals surface area contributed by atoms with E-state index < -0.39 is 0 Å². The van der Waals surface area contributed by atoms with E-state index in [0.717, 1.165) is 5.56 Å². The lowest BCUT2D eigenvalue weighted by Gasteiger charge is -2.13. The first-order valence-corrected chi connectivity index (χ1v) is 5.81. The van der Waals surface area contributed by atoms with Crippen molar-refractivity contribution in [2.75, 3.05) is 21.3 Å². The van der Waals surface area contributed by atoms with Gasteiger partial charge in [0.25, 0.3) is 0 Å². The van der Waals surface area contributed by atoms with Crippen LogP contribution in [0.25, 0.3) is 0 Å². The molecule has 0 saturated heterocycles. The summed E-state index contributed by atoms with van der Waals surface area (Å²) in [6.45, 7) is 0. The van der Waals surface area contributed by atoms with Crippen LogP contribution < -0.4 is 14.2 Å². The first-order valence-electron chi connectivity index (χ1n) is 4.93. The Morgan fingerprint density at radius 1 is 1.12 bits per heavy atom. The molecule has 0 saturated carbocycles. The summed E-state index contributed by atoms with van der Waals surface area (Å²) < 4.78 is 15.7. The Morgan fingerprint density at radius 2 is 1.65 bits per heavy atom. The van der Waals surface area contributed by atoms with Crippen LogP contribution in [0, 0.1) is 0 Å². The molecule has 92 valence electrons. The van der Waals surface area contributed by atoms with Crippen molar-refractivity contribution in [1.82, 2.24) is 0 Å². The maximum Gasteiger partial charge on any atom is 0.203 e. The standard InChI is InChI=1S/C12H14O3S2/c1-13-10-5-8(4-9(17)7-16)6-11(14-2)12(10)15-3/h5-7H,4H2,1-3H3. The van der Waals surface area contributed by atoms with Crippen molar-refractivity contribution in [3.63, 3.8) is 0 Å². The topological polar surface area (TPSA) is 27.7 Å². The van der Waals surface area contributed by atoms with E-state index in [-0.39, 0.29) is 0 Å². The zero-order chi connectivity index (χ0) is 12.8. The number of rotatable bonds is 6. The Morgan fingerprint density at radius 3 is 2.00 bits per heavy atom. The van der Waals surface area contributed by atoms with Gasteiger partial charge in [0.1, 0.15) is 0 Å². The lowest BCUT2D eigenvalue weighted by Crippen LogP contribution is -2.02. The summed E-state index contributed by atoms with van der Waals surface area (Å²) in [5, 5.41) is 1.50. The minimum atomic E-state index is 0.576. The quantitative estimate of drug-likeness (QED) is 0.741. The Labute approximate surface area is 112 Å². The van der Waals surface area contributed by atoms with Gasteiger partial charge in [-0.15, -0.1) is 0 Å². The second-order valence-electron chi connectivity index (χ2n) is 3.29. The molecule has 0 unspecified atom stereocenters. The average molecular weight is 270 g/mol. The Bertz CT molecular complexity index is 405. The van der Waals surface area contributed by atoms with Crippen LogP contribution in [0.3, 0.4) is 0 Å². The maximum atomic E-state index is 5.25. The van der Waals surface area contributed by atoms with E-state index in [1.54, 1.807) is 21.3 Å². The van der Waals surface area contributed by atoms with E-state index in [1.807, 2.05) is 12.1 Å². The third-order valence-corrected chi connectivity index (χ3v) is 2.93. The fraction of sp³-hybridized carbons (Fsp3) is 0.333. The van der Waals surface area contributed by atoms with Gasteiger partial charge in [0.15, 0.2) is 11.5 Å². The molecule has 17 heavy (non-hydrogen) atoms. The highest BCUT2D eigenvalue weighted by atomic mass is 32.1. The highest BCUT2D eigenvalue weighted by molar-refractivity contribution is 7.88. The molecule has 0 aliphatic rings. The summed E-state index contributed by atoms with van der Waals surface area (Å²) in [4.78, 5) is 0.703. The summed E-state index contributed by atoms with van der Waals surface area (Å²) in [5.41, 5.74) is 0.977. The van der Waals surface area contributed by atoms with Crippen LogP contribution in [-0.2, 0) is 6.42 Å². The van der Waals surface area contributed by atoms with Crippen molar-refractivity contribution >= 4 is 34.7 Å². The monoisotopic (exact) mass is 270 g/mol. The molecular weight excluding hydrogens is 256 g/mol. The Kier molecular flexibility index (Phi) is 5.31. The third kappa shape index (κ3) is 3.38. The van der Waals surface area contributed by atoms with Gasteiger partial charge in [0.2, 0.25) is 5.75 Å². The van der Waals surface area contributed by atoms with Gasteiger partial charge in [-0.1, -0.05) is 24.4 Å². The number of benzene rings is 1. The average Bonchev–Trinajstić information content (AvgIpc) is 2.37.